The number of rotatable bonds is 3. The molecule has 0 unspecified atom stereocenters. The van der Waals surface area contributed by atoms with Crippen molar-refractivity contribution in [3.8, 4) is 17.6 Å². The van der Waals surface area contributed by atoms with Crippen LogP contribution in [0.5, 0.6) is 11.5 Å². The van der Waals surface area contributed by atoms with E-state index >= 15 is 0 Å². The van der Waals surface area contributed by atoms with Crippen LogP contribution in [0.4, 0.5) is 4.39 Å². The number of nitrogens with zero attached hydrogens (tertiary/aromatic N) is 1. The van der Waals surface area contributed by atoms with Crippen LogP contribution in [0.15, 0.2) is 36.4 Å². The maximum absolute atomic E-state index is 13.9. The molecule has 0 spiro atoms. The van der Waals surface area contributed by atoms with Crippen molar-refractivity contribution in [1.29, 1.82) is 5.26 Å². The number of benzene rings is 2. The van der Waals surface area contributed by atoms with E-state index in [-0.39, 0.29) is 28.9 Å². The quantitative estimate of drug-likeness (QED) is 0.932. The molecule has 1 aliphatic rings. The summed E-state index contributed by atoms with van der Waals surface area (Å²) in [7, 11) is 0. The molecule has 2 aromatic carbocycles. The van der Waals surface area contributed by atoms with Crippen LogP contribution in [-0.2, 0) is 4.79 Å². The monoisotopic (exact) mass is 330 g/mol. The highest BCUT2D eigenvalue weighted by Gasteiger charge is 2.24. The fourth-order valence-corrected chi connectivity index (χ4v) is 2.66. The SMILES string of the molecule is N#Cc1cccc(F)c1Oc1cc([C@@H]2CNC(=O)C2)ccc1Cl. The molecule has 0 aliphatic carbocycles. The fourth-order valence-electron chi connectivity index (χ4n) is 2.50. The van der Waals surface area contributed by atoms with Crippen molar-refractivity contribution in [2.45, 2.75) is 12.3 Å². The molecule has 1 heterocycles. The number of para-hydroxylation sites is 1. The van der Waals surface area contributed by atoms with Crippen molar-refractivity contribution in [2.75, 3.05) is 6.54 Å². The molecular formula is C17H12ClFN2O2. The van der Waals surface area contributed by atoms with Crippen LogP contribution >= 0.6 is 11.6 Å². The van der Waals surface area contributed by atoms with E-state index in [1.807, 2.05) is 12.1 Å². The third-order valence-electron chi connectivity index (χ3n) is 3.70. The van der Waals surface area contributed by atoms with E-state index < -0.39 is 5.82 Å². The summed E-state index contributed by atoms with van der Waals surface area (Å²) < 4.78 is 19.5. The van der Waals surface area contributed by atoms with Gasteiger partial charge in [-0.05, 0) is 29.8 Å². The van der Waals surface area contributed by atoms with Gasteiger partial charge in [0, 0.05) is 18.9 Å². The Kier molecular flexibility index (Phi) is 4.18. The average molecular weight is 331 g/mol. The number of nitriles is 1. The number of hydrogen-bond donors (Lipinski definition) is 1. The Bertz CT molecular complexity index is 817. The minimum absolute atomic E-state index is 0.00621. The van der Waals surface area contributed by atoms with Gasteiger partial charge in [0.25, 0.3) is 0 Å². The zero-order chi connectivity index (χ0) is 16.4. The smallest absolute Gasteiger partial charge is 0.220 e. The molecule has 6 heteroatoms. The zero-order valence-corrected chi connectivity index (χ0v) is 12.7. The van der Waals surface area contributed by atoms with Crippen LogP contribution in [0, 0.1) is 17.1 Å². The standard InChI is InChI=1S/C17H12ClFN2O2/c18-13-5-4-10(12-7-16(22)21-9-12)6-15(13)23-17-11(8-20)2-1-3-14(17)19/h1-6,12H,7,9H2,(H,21,22)/t12-/m0/s1. The Labute approximate surface area is 137 Å². The Hall–Kier alpha value is -2.58. The summed E-state index contributed by atoms with van der Waals surface area (Å²) in [6, 6.07) is 11.1. The lowest BCUT2D eigenvalue weighted by Gasteiger charge is -2.13. The molecule has 116 valence electrons. The Morgan fingerprint density at radius 1 is 1.35 bits per heavy atom. The first-order valence-corrected chi connectivity index (χ1v) is 7.39. The lowest BCUT2D eigenvalue weighted by molar-refractivity contribution is -0.119. The minimum Gasteiger partial charge on any atom is -0.451 e. The minimum atomic E-state index is -0.636. The first-order chi connectivity index (χ1) is 11.1. The second-order valence-electron chi connectivity index (χ2n) is 5.23. The van der Waals surface area contributed by atoms with Crippen molar-refractivity contribution in [3.63, 3.8) is 0 Å². The number of halogens is 2. The molecule has 1 saturated heterocycles. The molecule has 1 aliphatic heterocycles. The van der Waals surface area contributed by atoms with E-state index in [9.17, 15) is 9.18 Å². The molecule has 0 radical (unpaired) electrons. The van der Waals surface area contributed by atoms with Crippen LogP contribution < -0.4 is 10.1 Å². The number of carbonyl (C=O) groups excluding carboxylic acids is 1. The van der Waals surface area contributed by atoms with Crippen molar-refractivity contribution in [2.24, 2.45) is 0 Å². The van der Waals surface area contributed by atoms with Gasteiger partial charge in [0.2, 0.25) is 5.91 Å². The number of ether oxygens (including phenoxy) is 1. The normalized spacial score (nSPS) is 16.7. The van der Waals surface area contributed by atoms with E-state index in [2.05, 4.69) is 5.32 Å². The predicted molar refractivity (Wildman–Crippen MR) is 83.0 cm³/mol. The largest absolute Gasteiger partial charge is 0.451 e. The highest BCUT2D eigenvalue weighted by Crippen LogP contribution is 2.36. The molecule has 3 rings (SSSR count). The van der Waals surface area contributed by atoms with Crippen LogP contribution in [0.2, 0.25) is 5.02 Å². The van der Waals surface area contributed by atoms with Gasteiger partial charge in [-0.25, -0.2) is 4.39 Å². The Morgan fingerprint density at radius 3 is 2.87 bits per heavy atom. The number of amides is 1. The Morgan fingerprint density at radius 2 is 2.17 bits per heavy atom. The lowest BCUT2D eigenvalue weighted by Crippen LogP contribution is -2.13. The van der Waals surface area contributed by atoms with Gasteiger partial charge in [-0.3, -0.25) is 4.79 Å². The highest BCUT2D eigenvalue weighted by atomic mass is 35.5. The van der Waals surface area contributed by atoms with E-state index in [1.165, 1.54) is 18.2 Å². The summed E-state index contributed by atoms with van der Waals surface area (Å²) in [5, 5.41) is 12.1. The third kappa shape index (κ3) is 3.13. The molecule has 1 atom stereocenters. The van der Waals surface area contributed by atoms with E-state index in [0.717, 1.165) is 5.56 Å². The van der Waals surface area contributed by atoms with Gasteiger partial charge in [-0.1, -0.05) is 23.7 Å². The van der Waals surface area contributed by atoms with Gasteiger partial charge < -0.3 is 10.1 Å². The van der Waals surface area contributed by atoms with Gasteiger partial charge in [0.05, 0.1) is 10.6 Å². The maximum Gasteiger partial charge on any atom is 0.220 e. The summed E-state index contributed by atoms with van der Waals surface area (Å²) >= 11 is 6.12. The van der Waals surface area contributed by atoms with E-state index in [1.54, 1.807) is 12.1 Å². The first kappa shape index (κ1) is 15.3. The summed E-state index contributed by atoms with van der Waals surface area (Å²) in [6.45, 7) is 0.545. The molecule has 1 amide bonds. The summed E-state index contributed by atoms with van der Waals surface area (Å²) in [5.41, 5.74) is 0.960. The number of nitrogens with one attached hydrogen (secondary N) is 1. The van der Waals surface area contributed by atoms with Crippen LogP contribution in [0.1, 0.15) is 23.5 Å². The molecule has 23 heavy (non-hydrogen) atoms. The van der Waals surface area contributed by atoms with Crippen LogP contribution in [0.25, 0.3) is 0 Å². The molecule has 0 aromatic heterocycles. The van der Waals surface area contributed by atoms with Gasteiger partial charge in [0.1, 0.15) is 11.8 Å². The number of carbonyl (C=O) groups is 1. The van der Waals surface area contributed by atoms with Crippen molar-refractivity contribution >= 4 is 17.5 Å². The van der Waals surface area contributed by atoms with Crippen LogP contribution in [-0.4, -0.2) is 12.5 Å². The fraction of sp³-hybridized carbons (Fsp3) is 0.176. The zero-order valence-electron chi connectivity index (χ0n) is 12.0. The average Bonchev–Trinajstić information content (AvgIpc) is 2.97. The lowest BCUT2D eigenvalue weighted by atomic mass is 9.98. The first-order valence-electron chi connectivity index (χ1n) is 7.01. The Balaban J connectivity index is 1.95. The van der Waals surface area contributed by atoms with Gasteiger partial charge >= 0.3 is 0 Å². The van der Waals surface area contributed by atoms with Gasteiger partial charge in [-0.15, -0.1) is 0 Å². The van der Waals surface area contributed by atoms with Crippen molar-refractivity contribution in [3.05, 3.63) is 58.4 Å². The highest BCUT2D eigenvalue weighted by molar-refractivity contribution is 6.32. The molecule has 0 bridgehead atoms. The van der Waals surface area contributed by atoms with Crippen LogP contribution in [0.3, 0.4) is 0 Å². The molecule has 4 nitrogen and oxygen atoms in total. The van der Waals surface area contributed by atoms with Gasteiger partial charge in [-0.2, -0.15) is 5.26 Å². The molecule has 1 N–H and O–H groups in total. The molecule has 1 fully saturated rings. The second-order valence-corrected chi connectivity index (χ2v) is 5.63. The molecule has 2 aromatic rings. The summed E-state index contributed by atoms with van der Waals surface area (Å²) in [5.74, 6) is -0.519. The summed E-state index contributed by atoms with van der Waals surface area (Å²) in [6.07, 6.45) is 0.393. The number of hydrogen-bond acceptors (Lipinski definition) is 3. The predicted octanol–water partition coefficient (Wildman–Crippen LogP) is 3.75. The summed E-state index contributed by atoms with van der Waals surface area (Å²) in [4.78, 5) is 11.3. The van der Waals surface area contributed by atoms with Crippen molar-refractivity contribution < 1.29 is 13.9 Å². The van der Waals surface area contributed by atoms with E-state index in [0.29, 0.717) is 18.0 Å². The molecular weight excluding hydrogens is 319 g/mol. The third-order valence-corrected chi connectivity index (χ3v) is 4.02. The topological polar surface area (TPSA) is 62.1 Å². The second kappa shape index (κ2) is 6.27. The van der Waals surface area contributed by atoms with Gasteiger partial charge in [0.15, 0.2) is 11.6 Å². The maximum atomic E-state index is 13.9. The van der Waals surface area contributed by atoms with E-state index in [4.69, 9.17) is 21.6 Å². The molecule has 0 saturated carbocycles. The van der Waals surface area contributed by atoms with Crippen molar-refractivity contribution in [1.82, 2.24) is 5.32 Å².